The van der Waals surface area contributed by atoms with Crippen molar-refractivity contribution in [3.63, 3.8) is 0 Å². The fourth-order valence-corrected chi connectivity index (χ4v) is 1.62. The van der Waals surface area contributed by atoms with Crippen molar-refractivity contribution in [2.75, 3.05) is 14.1 Å². The summed E-state index contributed by atoms with van der Waals surface area (Å²) >= 11 is 6.09. The van der Waals surface area contributed by atoms with Crippen LogP contribution in [-0.4, -0.2) is 25.3 Å². The molecular weight excluding hydrogens is 244 g/mol. The third-order valence-electron chi connectivity index (χ3n) is 2.48. The van der Waals surface area contributed by atoms with Gasteiger partial charge in [0.05, 0.1) is 0 Å². The van der Waals surface area contributed by atoms with Gasteiger partial charge in [-0.05, 0) is 18.1 Å². The van der Waals surface area contributed by atoms with Crippen LogP contribution in [0.5, 0.6) is 0 Å². The van der Waals surface area contributed by atoms with Crippen LogP contribution in [0.1, 0.15) is 25.8 Å². The summed E-state index contributed by atoms with van der Waals surface area (Å²) in [4.78, 5) is 0. The van der Waals surface area contributed by atoms with E-state index >= 15 is 0 Å². The van der Waals surface area contributed by atoms with Gasteiger partial charge in [-0.15, -0.1) is 0 Å². The molecule has 0 aromatic heterocycles. The van der Waals surface area contributed by atoms with Crippen molar-refractivity contribution in [2.45, 2.75) is 20.3 Å². The summed E-state index contributed by atoms with van der Waals surface area (Å²) < 4.78 is 0. The molecule has 0 aliphatic heterocycles. The summed E-state index contributed by atoms with van der Waals surface area (Å²) in [5, 5.41) is 6.88. The molecule has 1 aromatic rings. The largest absolute Gasteiger partial charge is 0.303 e. The van der Waals surface area contributed by atoms with Crippen LogP contribution in [0.3, 0.4) is 0 Å². The van der Waals surface area contributed by atoms with Gasteiger partial charge in [0.15, 0.2) is 0 Å². The van der Waals surface area contributed by atoms with E-state index in [4.69, 9.17) is 11.6 Å². The van der Waals surface area contributed by atoms with Crippen molar-refractivity contribution in [3.05, 3.63) is 40.9 Å². The molecule has 0 atom stereocenters. The normalized spacial score (nSPS) is 12.5. The fraction of sp³-hybridized carbons (Fsp3) is 0.400. The van der Waals surface area contributed by atoms with Gasteiger partial charge in [0, 0.05) is 30.7 Å². The monoisotopic (exact) mass is 264 g/mol. The molecule has 3 heteroatoms. The Balaban J connectivity index is 2.62. The highest BCUT2D eigenvalue weighted by atomic mass is 35.5. The maximum atomic E-state index is 6.09. The molecule has 0 aliphatic carbocycles. The van der Waals surface area contributed by atoms with Crippen molar-refractivity contribution in [1.82, 2.24) is 5.01 Å². The van der Waals surface area contributed by atoms with Crippen molar-refractivity contribution in [3.8, 4) is 0 Å². The van der Waals surface area contributed by atoms with E-state index in [1.54, 1.807) is 5.01 Å². The van der Waals surface area contributed by atoms with E-state index < -0.39 is 0 Å². The maximum Gasteiger partial charge on any atom is 0.0478 e. The number of allylic oxidation sites excluding steroid dienone is 1. The Morgan fingerprint density at radius 2 is 1.94 bits per heavy atom. The molecule has 1 rings (SSSR count). The van der Waals surface area contributed by atoms with Gasteiger partial charge < -0.3 is 5.01 Å². The standard InChI is InChI=1S/C15H21ClN2/c1-15(2,12-17-18(3)4)11-7-9-13-8-5-6-10-14(13)16/h5-10,12H,11H2,1-4H3/b9-7+,17-12+. The summed E-state index contributed by atoms with van der Waals surface area (Å²) in [5.74, 6) is 0. The smallest absolute Gasteiger partial charge is 0.0478 e. The topological polar surface area (TPSA) is 15.6 Å². The number of benzene rings is 1. The van der Waals surface area contributed by atoms with Crippen molar-refractivity contribution < 1.29 is 0 Å². The molecule has 0 heterocycles. The molecule has 0 fully saturated rings. The second-order valence-corrected chi connectivity index (χ2v) is 5.62. The first kappa shape index (κ1) is 14.8. The minimum absolute atomic E-state index is 0.0437. The molecule has 0 N–H and O–H groups in total. The third kappa shape index (κ3) is 5.37. The molecule has 0 unspecified atom stereocenters. The zero-order chi connectivity index (χ0) is 13.6. The number of nitrogens with zero attached hydrogens (tertiary/aromatic N) is 2. The molecule has 1 aromatic carbocycles. The highest BCUT2D eigenvalue weighted by Crippen LogP contribution is 2.21. The second kappa shape index (κ2) is 6.60. The lowest BCUT2D eigenvalue weighted by atomic mass is 9.90. The van der Waals surface area contributed by atoms with E-state index in [1.165, 1.54) is 0 Å². The summed E-state index contributed by atoms with van der Waals surface area (Å²) in [6.45, 7) is 4.33. The summed E-state index contributed by atoms with van der Waals surface area (Å²) in [5.41, 5.74) is 1.10. The van der Waals surface area contributed by atoms with Crippen LogP contribution in [0.15, 0.2) is 35.4 Å². The lowest BCUT2D eigenvalue weighted by molar-refractivity contribution is 0.425. The van der Waals surface area contributed by atoms with E-state index in [0.717, 1.165) is 17.0 Å². The second-order valence-electron chi connectivity index (χ2n) is 5.21. The molecule has 18 heavy (non-hydrogen) atoms. The van der Waals surface area contributed by atoms with E-state index in [0.29, 0.717) is 0 Å². The van der Waals surface area contributed by atoms with Crippen LogP contribution in [0.25, 0.3) is 6.08 Å². The molecular formula is C15H21ClN2. The minimum atomic E-state index is 0.0437. The summed E-state index contributed by atoms with van der Waals surface area (Å²) in [6.07, 6.45) is 7.11. The molecule has 0 amide bonds. The first-order valence-corrected chi connectivity index (χ1v) is 6.42. The molecule has 98 valence electrons. The van der Waals surface area contributed by atoms with E-state index in [9.17, 15) is 0 Å². The highest BCUT2D eigenvalue weighted by Gasteiger charge is 2.12. The molecule has 0 spiro atoms. The molecule has 0 saturated heterocycles. The number of halogens is 1. The quantitative estimate of drug-likeness (QED) is 0.571. The van der Waals surface area contributed by atoms with Crippen LogP contribution in [0.2, 0.25) is 5.02 Å². The van der Waals surface area contributed by atoms with Gasteiger partial charge in [-0.1, -0.05) is 55.8 Å². The Bertz CT molecular complexity index is 434. The lowest BCUT2D eigenvalue weighted by Gasteiger charge is -2.17. The van der Waals surface area contributed by atoms with Gasteiger partial charge in [-0.25, -0.2) is 0 Å². The number of rotatable bonds is 5. The Hall–Kier alpha value is -1.28. The average molecular weight is 265 g/mol. The van der Waals surface area contributed by atoms with E-state index in [-0.39, 0.29) is 5.41 Å². The van der Waals surface area contributed by atoms with Crippen molar-refractivity contribution in [1.29, 1.82) is 0 Å². The average Bonchev–Trinajstić information content (AvgIpc) is 2.29. The van der Waals surface area contributed by atoms with E-state index in [2.05, 4.69) is 31.1 Å². The van der Waals surface area contributed by atoms with Gasteiger partial charge in [0.2, 0.25) is 0 Å². The number of hydrogen-bond donors (Lipinski definition) is 0. The molecule has 0 aliphatic rings. The maximum absolute atomic E-state index is 6.09. The van der Waals surface area contributed by atoms with Crippen LogP contribution in [0, 0.1) is 5.41 Å². The molecule has 0 saturated carbocycles. The van der Waals surface area contributed by atoms with Gasteiger partial charge in [0.25, 0.3) is 0 Å². The first-order valence-electron chi connectivity index (χ1n) is 6.04. The first-order chi connectivity index (χ1) is 8.41. The number of hydrogen-bond acceptors (Lipinski definition) is 2. The molecule has 2 nitrogen and oxygen atoms in total. The van der Waals surface area contributed by atoms with Crippen LogP contribution in [-0.2, 0) is 0 Å². The van der Waals surface area contributed by atoms with Gasteiger partial charge in [-0.3, -0.25) is 0 Å². The SMILES string of the molecule is CN(C)/N=C/C(C)(C)C/C=C/c1ccccc1Cl. The van der Waals surface area contributed by atoms with Crippen LogP contribution in [0.4, 0.5) is 0 Å². The Morgan fingerprint density at radius 3 is 2.56 bits per heavy atom. The lowest BCUT2D eigenvalue weighted by Crippen LogP contribution is -2.14. The van der Waals surface area contributed by atoms with Gasteiger partial charge in [-0.2, -0.15) is 5.10 Å². The van der Waals surface area contributed by atoms with Crippen LogP contribution < -0.4 is 0 Å². The summed E-state index contributed by atoms with van der Waals surface area (Å²) in [6, 6.07) is 7.84. The Morgan fingerprint density at radius 1 is 1.28 bits per heavy atom. The fourth-order valence-electron chi connectivity index (χ4n) is 1.42. The Labute approximate surface area is 115 Å². The molecule has 0 bridgehead atoms. The predicted molar refractivity (Wildman–Crippen MR) is 81.1 cm³/mol. The predicted octanol–water partition coefficient (Wildman–Crippen LogP) is 4.32. The zero-order valence-electron chi connectivity index (χ0n) is 11.5. The molecule has 0 radical (unpaired) electrons. The number of hydrazone groups is 1. The van der Waals surface area contributed by atoms with Gasteiger partial charge >= 0.3 is 0 Å². The van der Waals surface area contributed by atoms with Crippen molar-refractivity contribution in [2.24, 2.45) is 10.5 Å². The minimum Gasteiger partial charge on any atom is -0.303 e. The Kier molecular flexibility index (Phi) is 5.42. The van der Waals surface area contributed by atoms with Gasteiger partial charge in [0.1, 0.15) is 0 Å². The van der Waals surface area contributed by atoms with E-state index in [1.807, 2.05) is 44.6 Å². The van der Waals surface area contributed by atoms with Crippen molar-refractivity contribution >= 4 is 23.9 Å². The zero-order valence-corrected chi connectivity index (χ0v) is 12.3. The summed E-state index contributed by atoms with van der Waals surface area (Å²) in [7, 11) is 3.85. The highest BCUT2D eigenvalue weighted by molar-refractivity contribution is 6.32. The third-order valence-corrected chi connectivity index (χ3v) is 2.83. The van der Waals surface area contributed by atoms with Crippen LogP contribution >= 0.6 is 11.6 Å².